The number of nitrogens with two attached hydrogens (primary N) is 1. The molecule has 19 heavy (non-hydrogen) atoms. The van der Waals surface area contributed by atoms with Gasteiger partial charge in [0, 0.05) is 46.2 Å². The second kappa shape index (κ2) is 6.17. The van der Waals surface area contributed by atoms with Crippen LogP contribution in [0.1, 0.15) is 25.7 Å². The maximum atomic E-state index is 12.2. The number of nitrogens with zero attached hydrogens (tertiary/aromatic N) is 1. The number of likely N-dealkylation sites (N-methyl/N-ethyl adjacent to an activating group) is 1. The molecule has 0 aromatic heterocycles. The monoisotopic (exact) mass is 272 g/mol. The second-order valence-electron chi connectivity index (χ2n) is 5.59. The summed E-state index contributed by atoms with van der Waals surface area (Å²) in [5.41, 5.74) is 4.71. The van der Waals surface area contributed by atoms with Crippen molar-refractivity contribution in [2.75, 3.05) is 33.4 Å². The molecule has 2 atom stereocenters. The van der Waals surface area contributed by atoms with Crippen LogP contribution in [0.25, 0.3) is 0 Å². The Balaban J connectivity index is 1.85. The molecule has 2 unspecified atom stereocenters. The zero-order chi connectivity index (χ0) is 13.9. The van der Waals surface area contributed by atoms with E-state index in [2.05, 4.69) is 0 Å². The van der Waals surface area contributed by atoms with Crippen molar-refractivity contribution in [3.8, 4) is 0 Å². The maximum absolute atomic E-state index is 12.2. The number of carbonyl (C=O) groups excluding carboxylic acids is 1. The van der Waals surface area contributed by atoms with E-state index in [4.69, 9.17) is 15.2 Å². The summed E-state index contributed by atoms with van der Waals surface area (Å²) in [5.74, 6) is -0.0594. The molecule has 2 aliphatic rings. The Morgan fingerprint density at radius 1 is 1.42 bits per heavy atom. The van der Waals surface area contributed by atoms with Gasteiger partial charge in [0.1, 0.15) is 6.10 Å². The lowest BCUT2D eigenvalue weighted by molar-refractivity contribution is -0.147. The summed E-state index contributed by atoms with van der Waals surface area (Å²) in [6, 6.07) is 0. The summed E-state index contributed by atoms with van der Waals surface area (Å²) in [5, 5.41) is 10.4. The fourth-order valence-electron chi connectivity index (χ4n) is 2.74. The Labute approximate surface area is 113 Å². The Morgan fingerprint density at radius 3 is 2.68 bits per heavy atom. The van der Waals surface area contributed by atoms with Gasteiger partial charge in [0.25, 0.3) is 5.91 Å². The van der Waals surface area contributed by atoms with E-state index in [9.17, 15) is 9.90 Å². The molecule has 2 fully saturated rings. The fourth-order valence-corrected chi connectivity index (χ4v) is 2.74. The van der Waals surface area contributed by atoms with Crippen molar-refractivity contribution < 1.29 is 19.4 Å². The third-order valence-electron chi connectivity index (χ3n) is 3.98. The SMILES string of the molecule is CN(CC1(O)CCOCC1)C(=O)C1CCC(CN)O1. The standard InChI is InChI=1S/C13H24N2O4/c1-15(9-13(17)4-6-18-7-5-13)12(16)11-3-2-10(8-14)19-11/h10-11,17H,2-9,14H2,1H3. The summed E-state index contributed by atoms with van der Waals surface area (Å²) in [6.45, 7) is 1.89. The number of carbonyl (C=O) groups is 1. The zero-order valence-corrected chi connectivity index (χ0v) is 11.5. The van der Waals surface area contributed by atoms with Crippen molar-refractivity contribution in [2.24, 2.45) is 5.73 Å². The molecular formula is C13H24N2O4. The van der Waals surface area contributed by atoms with Crippen LogP contribution in [0.15, 0.2) is 0 Å². The average molecular weight is 272 g/mol. The molecule has 0 bridgehead atoms. The average Bonchev–Trinajstić information content (AvgIpc) is 2.86. The van der Waals surface area contributed by atoms with Gasteiger partial charge in [0.05, 0.1) is 11.7 Å². The van der Waals surface area contributed by atoms with Crippen molar-refractivity contribution in [2.45, 2.75) is 43.5 Å². The highest BCUT2D eigenvalue weighted by Crippen LogP contribution is 2.24. The number of aliphatic hydroxyl groups is 1. The van der Waals surface area contributed by atoms with Crippen molar-refractivity contribution in [1.29, 1.82) is 0 Å². The molecule has 3 N–H and O–H groups in total. The molecule has 1 amide bonds. The van der Waals surface area contributed by atoms with Crippen LogP contribution in [0.4, 0.5) is 0 Å². The topological polar surface area (TPSA) is 85.0 Å². The first-order valence-electron chi connectivity index (χ1n) is 6.95. The molecule has 110 valence electrons. The highest BCUT2D eigenvalue weighted by Gasteiger charge is 2.36. The third-order valence-corrected chi connectivity index (χ3v) is 3.98. The molecule has 2 rings (SSSR count). The van der Waals surface area contributed by atoms with Gasteiger partial charge in [-0.05, 0) is 12.8 Å². The molecular weight excluding hydrogens is 248 g/mol. The lowest BCUT2D eigenvalue weighted by Gasteiger charge is -2.36. The van der Waals surface area contributed by atoms with Crippen LogP contribution in [-0.4, -0.2) is 67.1 Å². The summed E-state index contributed by atoms with van der Waals surface area (Å²) >= 11 is 0. The van der Waals surface area contributed by atoms with Gasteiger partial charge in [-0.3, -0.25) is 4.79 Å². The van der Waals surface area contributed by atoms with E-state index in [1.807, 2.05) is 0 Å². The van der Waals surface area contributed by atoms with E-state index >= 15 is 0 Å². The second-order valence-corrected chi connectivity index (χ2v) is 5.59. The number of rotatable bonds is 4. The molecule has 0 radical (unpaired) electrons. The lowest BCUT2D eigenvalue weighted by atomic mass is 9.94. The molecule has 6 heteroatoms. The normalized spacial score (nSPS) is 30.3. The summed E-state index contributed by atoms with van der Waals surface area (Å²) in [7, 11) is 1.72. The first-order valence-corrected chi connectivity index (χ1v) is 6.95. The predicted octanol–water partition coefficient (Wildman–Crippen LogP) is -0.507. The summed E-state index contributed by atoms with van der Waals surface area (Å²) < 4.78 is 10.8. The van der Waals surface area contributed by atoms with E-state index in [0.29, 0.717) is 45.6 Å². The van der Waals surface area contributed by atoms with Crippen LogP contribution in [0.2, 0.25) is 0 Å². The quantitative estimate of drug-likeness (QED) is 0.720. The highest BCUT2D eigenvalue weighted by atomic mass is 16.5. The Morgan fingerprint density at radius 2 is 2.11 bits per heavy atom. The maximum Gasteiger partial charge on any atom is 0.251 e. The van der Waals surface area contributed by atoms with Crippen LogP contribution in [0, 0.1) is 0 Å². The minimum atomic E-state index is -0.825. The number of hydrogen-bond acceptors (Lipinski definition) is 5. The first kappa shape index (κ1) is 14.7. The van der Waals surface area contributed by atoms with E-state index in [-0.39, 0.29) is 12.0 Å². The molecule has 0 aromatic rings. The molecule has 6 nitrogen and oxygen atoms in total. The van der Waals surface area contributed by atoms with E-state index in [0.717, 1.165) is 6.42 Å². The highest BCUT2D eigenvalue weighted by molar-refractivity contribution is 5.81. The van der Waals surface area contributed by atoms with Crippen molar-refractivity contribution in [1.82, 2.24) is 4.90 Å². The Kier molecular flexibility index (Phi) is 4.78. The van der Waals surface area contributed by atoms with Crippen molar-refractivity contribution in [3.63, 3.8) is 0 Å². The van der Waals surface area contributed by atoms with E-state index in [1.165, 1.54) is 0 Å². The van der Waals surface area contributed by atoms with Crippen LogP contribution < -0.4 is 5.73 Å². The number of amides is 1. The minimum Gasteiger partial charge on any atom is -0.388 e. The summed E-state index contributed by atoms with van der Waals surface area (Å²) in [6.07, 6.45) is 2.28. The number of ether oxygens (including phenoxy) is 2. The van der Waals surface area contributed by atoms with Gasteiger partial charge in [-0.2, -0.15) is 0 Å². The molecule has 0 spiro atoms. The molecule has 2 saturated heterocycles. The molecule has 2 heterocycles. The Bertz CT molecular complexity index is 318. The minimum absolute atomic E-state index is 0.00600. The zero-order valence-electron chi connectivity index (χ0n) is 11.5. The van der Waals surface area contributed by atoms with Crippen molar-refractivity contribution in [3.05, 3.63) is 0 Å². The van der Waals surface area contributed by atoms with Gasteiger partial charge in [-0.15, -0.1) is 0 Å². The van der Waals surface area contributed by atoms with Gasteiger partial charge in [0.15, 0.2) is 0 Å². The van der Waals surface area contributed by atoms with Crippen LogP contribution in [0.3, 0.4) is 0 Å². The smallest absolute Gasteiger partial charge is 0.251 e. The summed E-state index contributed by atoms with van der Waals surface area (Å²) in [4.78, 5) is 13.8. The van der Waals surface area contributed by atoms with E-state index in [1.54, 1.807) is 11.9 Å². The fraction of sp³-hybridized carbons (Fsp3) is 0.923. The lowest BCUT2D eigenvalue weighted by Crippen LogP contribution is -2.49. The molecule has 2 aliphatic heterocycles. The van der Waals surface area contributed by atoms with Gasteiger partial charge in [-0.25, -0.2) is 0 Å². The van der Waals surface area contributed by atoms with E-state index < -0.39 is 11.7 Å². The van der Waals surface area contributed by atoms with Gasteiger partial charge in [-0.1, -0.05) is 0 Å². The van der Waals surface area contributed by atoms with Crippen LogP contribution in [0.5, 0.6) is 0 Å². The Hall–Kier alpha value is -0.690. The van der Waals surface area contributed by atoms with Crippen molar-refractivity contribution >= 4 is 5.91 Å². The number of hydrogen-bond donors (Lipinski definition) is 2. The van der Waals surface area contributed by atoms with Crippen LogP contribution in [-0.2, 0) is 14.3 Å². The largest absolute Gasteiger partial charge is 0.388 e. The molecule has 0 aliphatic carbocycles. The predicted molar refractivity (Wildman–Crippen MR) is 69.6 cm³/mol. The molecule has 0 aromatic carbocycles. The molecule has 0 saturated carbocycles. The van der Waals surface area contributed by atoms with Gasteiger partial charge >= 0.3 is 0 Å². The van der Waals surface area contributed by atoms with Gasteiger partial charge < -0.3 is 25.2 Å². The van der Waals surface area contributed by atoms with Crippen LogP contribution >= 0.6 is 0 Å². The first-order chi connectivity index (χ1) is 9.04. The third kappa shape index (κ3) is 3.66. The van der Waals surface area contributed by atoms with Gasteiger partial charge in [0.2, 0.25) is 0 Å².